The number of thioether (sulfide) groups is 1. The lowest BCUT2D eigenvalue weighted by atomic mass is 10.1. The van der Waals surface area contributed by atoms with Crippen LogP contribution < -0.4 is 0 Å². The first-order valence-electron chi connectivity index (χ1n) is 8.81. The maximum Gasteiger partial charge on any atom is 0.196 e. The topological polar surface area (TPSA) is 47.8 Å². The number of Topliss-reactive ketones (excluding diaryl/α,β-unsaturated/α-hetero) is 1. The van der Waals surface area contributed by atoms with Gasteiger partial charge in [0, 0.05) is 26.3 Å². The van der Waals surface area contributed by atoms with E-state index in [-0.39, 0.29) is 11.5 Å². The van der Waals surface area contributed by atoms with Gasteiger partial charge in [0.1, 0.15) is 0 Å². The van der Waals surface area contributed by atoms with E-state index in [2.05, 4.69) is 26.1 Å². The van der Waals surface area contributed by atoms with Gasteiger partial charge >= 0.3 is 0 Å². The first-order chi connectivity index (χ1) is 14.1. The van der Waals surface area contributed by atoms with E-state index >= 15 is 0 Å². The second-order valence-electron chi connectivity index (χ2n) is 6.18. The van der Waals surface area contributed by atoms with Gasteiger partial charge in [-0.15, -0.1) is 10.2 Å². The van der Waals surface area contributed by atoms with Crippen molar-refractivity contribution in [2.24, 2.45) is 0 Å². The number of nitrogens with zero attached hydrogens (tertiary/aromatic N) is 3. The molecule has 0 spiro atoms. The summed E-state index contributed by atoms with van der Waals surface area (Å²) in [4.78, 5) is 12.6. The van der Waals surface area contributed by atoms with Gasteiger partial charge in [0.25, 0.3) is 0 Å². The lowest BCUT2D eigenvalue weighted by Crippen LogP contribution is -2.05. The second-order valence-corrected chi connectivity index (χ2v) is 8.41. The molecule has 3 aromatic carbocycles. The van der Waals surface area contributed by atoms with Crippen LogP contribution in [-0.4, -0.2) is 26.3 Å². The quantitative estimate of drug-likeness (QED) is 0.237. The Balaban J connectivity index is 1.68. The van der Waals surface area contributed by atoms with Crippen LogP contribution in [0.15, 0.2) is 88.5 Å². The van der Waals surface area contributed by atoms with Crippen LogP contribution in [0.1, 0.15) is 10.4 Å². The van der Waals surface area contributed by atoms with Gasteiger partial charge in [0.05, 0.1) is 5.75 Å². The number of benzene rings is 3. The highest BCUT2D eigenvalue weighted by atomic mass is 79.9. The van der Waals surface area contributed by atoms with Crippen LogP contribution >= 0.6 is 39.3 Å². The van der Waals surface area contributed by atoms with E-state index < -0.39 is 0 Å². The molecule has 7 heteroatoms. The molecule has 4 aromatic rings. The molecule has 0 aliphatic heterocycles. The summed E-state index contributed by atoms with van der Waals surface area (Å²) in [5.41, 5.74) is 2.49. The Labute approximate surface area is 186 Å². The fourth-order valence-electron chi connectivity index (χ4n) is 2.84. The fourth-order valence-corrected chi connectivity index (χ4v) is 4.27. The summed E-state index contributed by atoms with van der Waals surface area (Å²) in [7, 11) is 0. The van der Waals surface area contributed by atoms with Crippen LogP contribution in [0.25, 0.3) is 17.1 Å². The zero-order valence-electron chi connectivity index (χ0n) is 15.1. The van der Waals surface area contributed by atoms with Gasteiger partial charge in [-0.2, -0.15) is 0 Å². The summed E-state index contributed by atoms with van der Waals surface area (Å²) in [5.74, 6) is 0.976. The van der Waals surface area contributed by atoms with Gasteiger partial charge in [-0.25, -0.2) is 0 Å². The van der Waals surface area contributed by atoms with Crippen molar-refractivity contribution < 1.29 is 4.79 Å². The maximum atomic E-state index is 12.6. The average molecular weight is 485 g/mol. The third-order valence-corrected chi connectivity index (χ3v) is 6.13. The maximum absolute atomic E-state index is 12.6. The molecule has 0 unspecified atom stereocenters. The Bertz CT molecular complexity index is 1150. The van der Waals surface area contributed by atoms with Crippen molar-refractivity contribution >= 4 is 45.1 Å². The Morgan fingerprint density at radius 1 is 0.931 bits per heavy atom. The molecular weight excluding hydrogens is 470 g/mol. The number of hydrogen-bond donors (Lipinski definition) is 0. The predicted octanol–water partition coefficient (Wildman–Crippen LogP) is 6.33. The summed E-state index contributed by atoms with van der Waals surface area (Å²) < 4.78 is 2.90. The molecule has 29 heavy (non-hydrogen) atoms. The standard InChI is InChI=1S/C22H15BrClN3OS/c23-19-9-5-4-8-18(19)21-25-26-22(27(21)17-6-2-1-3-7-17)29-14-20(28)15-10-12-16(24)13-11-15/h1-13H,14H2. The fraction of sp³-hybridized carbons (Fsp3) is 0.0455. The summed E-state index contributed by atoms with van der Waals surface area (Å²) in [5, 5.41) is 10.1. The SMILES string of the molecule is O=C(CSc1nnc(-c2ccccc2Br)n1-c1ccccc1)c1ccc(Cl)cc1. The molecule has 0 fully saturated rings. The molecular formula is C22H15BrClN3OS. The Hall–Kier alpha value is -2.41. The number of ketones is 1. The molecule has 0 amide bonds. The van der Waals surface area contributed by atoms with Gasteiger partial charge in [-0.3, -0.25) is 9.36 Å². The minimum absolute atomic E-state index is 0.0109. The zero-order valence-corrected chi connectivity index (χ0v) is 18.3. The molecule has 0 aliphatic rings. The van der Waals surface area contributed by atoms with Crippen molar-refractivity contribution in [2.75, 3.05) is 5.75 Å². The highest BCUT2D eigenvalue weighted by Crippen LogP contribution is 2.32. The monoisotopic (exact) mass is 483 g/mol. The van der Waals surface area contributed by atoms with Crippen molar-refractivity contribution in [2.45, 2.75) is 5.16 Å². The summed E-state index contributed by atoms with van der Waals surface area (Å²) in [6, 6.07) is 24.7. The van der Waals surface area contributed by atoms with Gasteiger partial charge in [0.2, 0.25) is 0 Å². The van der Waals surface area contributed by atoms with E-state index in [1.807, 2.05) is 59.2 Å². The van der Waals surface area contributed by atoms with Crippen LogP contribution in [0.2, 0.25) is 5.02 Å². The number of halogens is 2. The molecule has 144 valence electrons. The molecule has 0 aliphatic carbocycles. The van der Waals surface area contributed by atoms with Crippen LogP contribution in [0.5, 0.6) is 0 Å². The van der Waals surface area contributed by atoms with E-state index in [1.54, 1.807) is 24.3 Å². The molecule has 4 rings (SSSR count). The Morgan fingerprint density at radius 2 is 1.62 bits per heavy atom. The van der Waals surface area contributed by atoms with E-state index in [9.17, 15) is 4.79 Å². The Morgan fingerprint density at radius 3 is 2.34 bits per heavy atom. The molecule has 0 saturated carbocycles. The minimum Gasteiger partial charge on any atom is -0.293 e. The van der Waals surface area contributed by atoms with Crippen LogP contribution in [0.3, 0.4) is 0 Å². The van der Waals surface area contributed by atoms with Crippen molar-refractivity contribution in [1.29, 1.82) is 0 Å². The van der Waals surface area contributed by atoms with Crippen molar-refractivity contribution in [1.82, 2.24) is 14.8 Å². The highest BCUT2D eigenvalue weighted by molar-refractivity contribution is 9.10. The first kappa shape index (κ1) is 19.9. The van der Waals surface area contributed by atoms with Crippen LogP contribution in [-0.2, 0) is 0 Å². The summed E-state index contributed by atoms with van der Waals surface area (Å²) >= 11 is 10.9. The normalized spacial score (nSPS) is 10.8. The van der Waals surface area contributed by atoms with Crippen molar-refractivity contribution in [3.63, 3.8) is 0 Å². The molecule has 0 saturated heterocycles. The first-order valence-corrected chi connectivity index (χ1v) is 11.0. The number of rotatable bonds is 6. The second kappa shape index (κ2) is 8.95. The number of para-hydroxylation sites is 1. The largest absolute Gasteiger partial charge is 0.293 e. The van der Waals surface area contributed by atoms with Crippen molar-refractivity contribution in [3.05, 3.63) is 93.9 Å². The zero-order chi connectivity index (χ0) is 20.2. The molecule has 0 radical (unpaired) electrons. The molecule has 1 aromatic heterocycles. The molecule has 1 heterocycles. The lowest BCUT2D eigenvalue weighted by Gasteiger charge is -2.11. The number of hydrogen-bond acceptors (Lipinski definition) is 4. The smallest absolute Gasteiger partial charge is 0.196 e. The van der Waals surface area contributed by atoms with Gasteiger partial charge in [0.15, 0.2) is 16.8 Å². The average Bonchev–Trinajstić information content (AvgIpc) is 3.17. The van der Waals surface area contributed by atoms with E-state index in [0.29, 0.717) is 21.6 Å². The molecule has 0 atom stereocenters. The number of carbonyl (C=O) groups is 1. The third-order valence-electron chi connectivity index (χ3n) is 4.26. The van der Waals surface area contributed by atoms with E-state index in [4.69, 9.17) is 11.6 Å². The number of carbonyl (C=O) groups excluding carboxylic acids is 1. The third kappa shape index (κ3) is 4.45. The van der Waals surface area contributed by atoms with E-state index in [0.717, 1.165) is 15.7 Å². The predicted molar refractivity (Wildman–Crippen MR) is 121 cm³/mol. The van der Waals surface area contributed by atoms with Gasteiger partial charge in [-0.1, -0.05) is 75.7 Å². The van der Waals surface area contributed by atoms with Gasteiger partial charge < -0.3 is 0 Å². The minimum atomic E-state index is 0.0109. The van der Waals surface area contributed by atoms with Gasteiger partial charge in [-0.05, 0) is 42.5 Å². The summed E-state index contributed by atoms with van der Waals surface area (Å²) in [6.07, 6.45) is 0. The van der Waals surface area contributed by atoms with E-state index in [1.165, 1.54) is 11.8 Å². The lowest BCUT2D eigenvalue weighted by molar-refractivity contribution is 0.102. The molecule has 0 bridgehead atoms. The number of aromatic nitrogens is 3. The molecule has 4 nitrogen and oxygen atoms in total. The summed E-state index contributed by atoms with van der Waals surface area (Å²) in [6.45, 7) is 0. The van der Waals surface area contributed by atoms with Crippen LogP contribution in [0, 0.1) is 0 Å². The molecule has 0 N–H and O–H groups in total. The van der Waals surface area contributed by atoms with Crippen molar-refractivity contribution in [3.8, 4) is 17.1 Å². The highest BCUT2D eigenvalue weighted by Gasteiger charge is 2.19. The Kier molecular flexibility index (Phi) is 6.13. The van der Waals surface area contributed by atoms with Crippen LogP contribution in [0.4, 0.5) is 0 Å².